The SMILES string of the molecule is O=C(O)C1Nc2cc(Cl)cc(Cl)c2C2c3cccc(-c4ccccc4)c3OC12. The molecule has 3 aromatic rings. The van der Waals surface area contributed by atoms with E-state index >= 15 is 0 Å². The Bertz CT molecular complexity index is 1100. The number of hydrogen-bond acceptors (Lipinski definition) is 3. The minimum atomic E-state index is -0.981. The Morgan fingerprint density at radius 1 is 1.04 bits per heavy atom. The van der Waals surface area contributed by atoms with Crippen LogP contribution < -0.4 is 10.1 Å². The van der Waals surface area contributed by atoms with Crippen molar-refractivity contribution in [2.75, 3.05) is 5.32 Å². The van der Waals surface area contributed by atoms with Crippen LogP contribution in [0.4, 0.5) is 5.69 Å². The van der Waals surface area contributed by atoms with Crippen molar-refractivity contribution in [3.63, 3.8) is 0 Å². The first-order chi connectivity index (χ1) is 13.5. The van der Waals surface area contributed by atoms with Crippen molar-refractivity contribution in [2.24, 2.45) is 0 Å². The molecule has 5 rings (SSSR count). The summed E-state index contributed by atoms with van der Waals surface area (Å²) in [5, 5.41) is 13.8. The van der Waals surface area contributed by atoms with E-state index in [9.17, 15) is 9.90 Å². The average molecular weight is 412 g/mol. The lowest BCUT2D eigenvalue weighted by Crippen LogP contribution is -2.48. The van der Waals surface area contributed by atoms with E-state index in [0.717, 1.165) is 22.3 Å². The highest BCUT2D eigenvalue weighted by molar-refractivity contribution is 6.35. The van der Waals surface area contributed by atoms with Crippen LogP contribution in [0.5, 0.6) is 5.75 Å². The number of fused-ring (bicyclic) bond motifs is 5. The maximum Gasteiger partial charge on any atom is 0.330 e. The van der Waals surface area contributed by atoms with Crippen molar-refractivity contribution in [1.82, 2.24) is 0 Å². The lowest BCUT2D eigenvalue weighted by Gasteiger charge is -2.34. The van der Waals surface area contributed by atoms with E-state index in [2.05, 4.69) is 5.32 Å². The second-order valence-corrected chi connectivity index (χ2v) is 7.80. The summed E-state index contributed by atoms with van der Waals surface area (Å²) in [4.78, 5) is 12.0. The first kappa shape index (κ1) is 17.4. The number of carboxylic acids is 1. The molecule has 3 unspecified atom stereocenters. The zero-order chi connectivity index (χ0) is 19.4. The molecule has 4 nitrogen and oxygen atoms in total. The quantitative estimate of drug-likeness (QED) is 0.589. The number of halogens is 2. The van der Waals surface area contributed by atoms with Gasteiger partial charge in [0.1, 0.15) is 11.9 Å². The van der Waals surface area contributed by atoms with E-state index in [1.165, 1.54) is 0 Å². The molecule has 3 aromatic carbocycles. The van der Waals surface area contributed by atoms with Crippen molar-refractivity contribution in [2.45, 2.75) is 18.1 Å². The lowest BCUT2D eigenvalue weighted by molar-refractivity contribution is -0.140. The number of anilines is 1. The van der Waals surface area contributed by atoms with E-state index < -0.39 is 18.1 Å². The van der Waals surface area contributed by atoms with Crippen molar-refractivity contribution >= 4 is 34.9 Å². The summed E-state index contributed by atoms with van der Waals surface area (Å²) in [5.41, 5.74) is 4.33. The average Bonchev–Trinajstić information content (AvgIpc) is 3.06. The van der Waals surface area contributed by atoms with Gasteiger partial charge in [0.15, 0.2) is 6.04 Å². The highest BCUT2D eigenvalue weighted by atomic mass is 35.5. The highest BCUT2D eigenvalue weighted by Crippen LogP contribution is 2.53. The van der Waals surface area contributed by atoms with Gasteiger partial charge >= 0.3 is 5.97 Å². The van der Waals surface area contributed by atoms with Crippen LogP contribution in [0.3, 0.4) is 0 Å². The Labute approximate surface area is 171 Å². The Morgan fingerprint density at radius 2 is 1.82 bits per heavy atom. The van der Waals surface area contributed by atoms with Gasteiger partial charge in [0.2, 0.25) is 0 Å². The predicted octanol–water partition coefficient (Wildman–Crippen LogP) is 5.43. The van der Waals surface area contributed by atoms with Gasteiger partial charge in [-0.25, -0.2) is 4.79 Å². The highest BCUT2D eigenvalue weighted by Gasteiger charge is 2.49. The molecule has 2 aliphatic rings. The van der Waals surface area contributed by atoms with Gasteiger partial charge in [-0.05, 0) is 17.7 Å². The number of hydrogen-bond donors (Lipinski definition) is 2. The smallest absolute Gasteiger partial charge is 0.330 e. The first-order valence-electron chi connectivity index (χ1n) is 8.88. The van der Waals surface area contributed by atoms with Crippen LogP contribution in [0.15, 0.2) is 60.7 Å². The van der Waals surface area contributed by atoms with Crippen LogP contribution in [-0.4, -0.2) is 23.2 Å². The number of para-hydroxylation sites is 1. The zero-order valence-electron chi connectivity index (χ0n) is 14.5. The molecule has 0 radical (unpaired) electrons. The third-order valence-electron chi connectivity index (χ3n) is 5.36. The molecule has 3 atom stereocenters. The molecule has 0 amide bonds. The molecule has 0 saturated carbocycles. The maximum atomic E-state index is 12.0. The third-order valence-corrected chi connectivity index (χ3v) is 5.89. The fraction of sp³-hybridized carbons (Fsp3) is 0.136. The Kier molecular flexibility index (Phi) is 4.00. The fourth-order valence-electron chi connectivity index (χ4n) is 4.21. The van der Waals surface area contributed by atoms with Crippen LogP contribution in [0, 0.1) is 0 Å². The molecule has 0 aromatic heterocycles. The number of aliphatic carboxylic acids is 1. The molecule has 140 valence electrons. The van der Waals surface area contributed by atoms with E-state index in [4.69, 9.17) is 27.9 Å². The standard InChI is InChI=1S/C22H15Cl2NO3/c23-12-9-15(24)18-16(10-12)25-19(22(26)27)21-17(18)14-8-4-7-13(20(14)28-21)11-5-2-1-3-6-11/h1-10,17,19,21,25H,(H,26,27). The topological polar surface area (TPSA) is 58.6 Å². The molecular formula is C22H15Cl2NO3. The number of rotatable bonds is 2. The van der Waals surface area contributed by atoms with Gasteiger partial charge in [-0.3, -0.25) is 0 Å². The number of carbonyl (C=O) groups is 1. The van der Waals surface area contributed by atoms with Crippen LogP contribution in [0.2, 0.25) is 10.0 Å². The van der Waals surface area contributed by atoms with Gasteiger partial charge < -0.3 is 15.2 Å². The van der Waals surface area contributed by atoms with Crippen molar-refractivity contribution < 1.29 is 14.6 Å². The van der Waals surface area contributed by atoms with Crippen LogP contribution in [-0.2, 0) is 4.79 Å². The van der Waals surface area contributed by atoms with Gasteiger partial charge in [0.05, 0.1) is 5.92 Å². The Balaban J connectivity index is 1.74. The molecular weight excluding hydrogens is 397 g/mol. The van der Waals surface area contributed by atoms with E-state index in [0.29, 0.717) is 21.5 Å². The fourth-order valence-corrected chi connectivity index (χ4v) is 4.82. The molecule has 0 aliphatic carbocycles. The molecule has 0 fully saturated rings. The molecule has 2 N–H and O–H groups in total. The number of benzene rings is 3. The van der Waals surface area contributed by atoms with Gasteiger partial charge in [-0.2, -0.15) is 0 Å². The lowest BCUT2D eigenvalue weighted by atomic mass is 9.80. The molecule has 6 heteroatoms. The van der Waals surface area contributed by atoms with Gasteiger partial charge in [-0.1, -0.05) is 71.7 Å². The summed E-state index contributed by atoms with van der Waals surface area (Å²) in [6.07, 6.45) is -0.608. The molecule has 2 aliphatic heterocycles. The zero-order valence-corrected chi connectivity index (χ0v) is 16.0. The Hall–Kier alpha value is -2.69. The normalized spacial score (nSPS) is 21.7. The third kappa shape index (κ3) is 2.56. The maximum absolute atomic E-state index is 12.0. The van der Waals surface area contributed by atoms with Gasteiger partial charge in [0, 0.05) is 32.4 Å². The summed E-state index contributed by atoms with van der Waals surface area (Å²) < 4.78 is 6.28. The summed E-state index contributed by atoms with van der Waals surface area (Å²) in [6, 6.07) is 18.3. The molecule has 28 heavy (non-hydrogen) atoms. The van der Waals surface area contributed by atoms with Gasteiger partial charge in [-0.15, -0.1) is 0 Å². The number of carboxylic acid groups (broad SMARTS) is 1. The van der Waals surface area contributed by atoms with Crippen molar-refractivity contribution in [1.29, 1.82) is 0 Å². The second kappa shape index (κ2) is 6.43. The Morgan fingerprint density at radius 3 is 2.57 bits per heavy atom. The second-order valence-electron chi connectivity index (χ2n) is 6.96. The molecule has 2 heterocycles. The number of ether oxygens (including phenoxy) is 1. The van der Waals surface area contributed by atoms with Crippen molar-refractivity contribution in [3.05, 3.63) is 81.8 Å². The molecule has 0 saturated heterocycles. The minimum absolute atomic E-state index is 0.291. The molecule has 0 spiro atoms. The van der Waals surface area contributed by atoms with Gasteiger partial charge in [0.25, 0.3) is 0 Å². The van der Waals surface area contributed by atoms with E-state index in [1.807, 2.05) is 48.5 Å². The largest absolute Gasteiger partial charge is 0.486 e. The summed E-state index contributed by atoms with van der Waals surface area (Å²) in [6.45, 7) is 0. The van der Waals surface area contributed by atoms with Crippen LogP contribution >= 0.6 is 23.2 Å². The number of nitrogens with one attached hydrogen (secondary N) is 1. The van der Waals surface area contributed by atoms with Crippen LogP contribution in [0.1, 0.15) is 17.0 Å². The van der Waals surface area contributed by atoms with E-state index in [1.54, 1.807) is 12.1 Å². The van der Waals surface area contributed by atoms with Crippen molar-refractivity contribution in [3.8, 4) is 16.9 Å². The predicted molar refractivity (Wildman–Crippen MR) is 110 cm³/mol. The van der Waals surface area contributed by atoms with E-state index in [-0.39, 0.29) is 5.92 Å². The summed E-state index contributed by atoms with van der Waals surface area (Å²) in [7, 11) is 0. The first-order valence-corrected chi connectivity index (χ1v) is 9.63. The van der Waals surface area contributed by atoms with Crippen LogP contribution in [0.25, 0.3) is 11.1 Å². The minimum Gasteiger partial charge on any atom is -0.486 e. The summed E-state index contributed by atoms with van der Waals surface area (Å²) in [5.74, 6) is -0.567. The summed E-state index contributed by atoms with van der Waals surface area (Å²) >= 11 is 12.7. The monoisotopic (exact) mass is 411 g/mol. The molecule has 0 bridgehead atoms.